The summed E-state index contributed by atoms with van der Waals surface area (Å²) in [5.41, 5.74) is 13.7. The lowest BCUT2D eigenvalue weighted by molar-refractivity contribution is 0.631. The lowest BCUT2D eigenvalue weighted by Crippen LogP contribution is -2.01. The second-order valence-corrected chi connectivity index (χ2v) is 5.24. The quantitative estimate of drug-likeness (QED) is 0.741. The van der Waals surface area contributed by atoms with Gasteiger partial charge in [-0.1, -0.05) is 0 Å². The molecule has 0 saturated heterocycles. The lowest BCUT2D eigenvalue weighted by atomic mass is 9.86. The highest BCUT2D eigenvalue weighted by Gasteiger charge is 2.16. The zero-order valence-electron chi connectivity index (χ0n) is 12.2. The lowest BCUT2D eigenvalue weighted by Gasteiger charge is -2.19. The molecule has 0 radical (unpaired) electrons. The summed E-state index contributed by atoms with van der Waals surface area (Å²) in [5, 5.41) is 0. The minimum absolute atomic E-state index is 0.256. The van der Waals surface area contributed by atoms with Crippen molar-refractivity contribution in [2.45, 2.75) is 34.6 Å². The predicted molar refractivity (Wildman–Crippen MR) is 79.9 cm³/mol. The third-order valence-corrected chi connectivity index (χ3v) is 4.26. The highest BCUT2D eigenvalue weighted by Crippen LogP contribution is 2.35. The van der Waals surface area contributed by atoms with Crippen molar-refractivity contribution in [3.63, 3.8) is 0 Å². The van der Waals surface area contributed by atoms with Crippen LogP contribution in [0.4, 0.5) is 10.1 Å². The third kappa shape index (κ3) is 2.12. The number of benzene rings is 2. The molecular weight excluding hydrogens is 237 g/mol. The fourth-order valence-corrected chi connectivity index (χ4v) is 2.64. The van der Waals surface area contributed by atoms with Crippen LogP contribution in [0.3, 0.4) is 0 Å². The van der Waals surface area contributed by atoms with Crippen molar-refractivity contribution in [3.05, 3.63) is 51.8 Å². The molecule has 0 aliphatic heterocycles. The van der Waals surface area contributed by atoms with Gasteiger partial charge in [-0.25, -0.2) is 4.39 Å². The molecule has 0 atom stereocenters. The second kappa shape index (κ2) is 4.69. The molecule has 2 aromatic rings. The highest BCUT2D eigenvalue weighted by molar-refractivity contribution is 5.76. The zero-order chi connectivity index (χ0) is 14.3. The third-order valence-electron chi connectivity index (χ3n) is 4.26. The van der Waals surface area contributed by atoms with Crippen LogP contribution in [0.2, 0.25) is 0 Å². The first-order valence-corrected chi connectivity index (χ1v) is 6.47. The molecule has 19 heavy (non-hydrogen) atoms. The Balaban J connectivity index is 2.83. The van der Waals surface area contributed by atoms with Crippen LogP contribution in [0.1, 0.15) is 27.8 Å². The molecule has 0 amide bonds. The second-order valence-electron chi connectivity index (χ2n) is 5.24. The van der Waals surface area contributed by atoms with Gasteiger partial charge in [0.05, 0.1) is 0 Å². The van der Waals surface area contributed by atoms with Gasteiger partial charge in [0.2, 0.25) is 0 Å². The van der Waals surface area contributed by atoms with Gasteiger partial charge in [0.15, 0.2) is 0 Å². The number of nitrogens with two attached hydrogens (primary N) is 1. The summed E-state index contributed by atoms with van der Waals surface area (Å²) < 4.78 is 14.2. The van der Waals surface area contributed by atoms with E-state index in [2.05, 4.69) is 34.6 Å². The predicted octanol–water partition coefficient (Wildman–Crippen LogP) is 4.62. The van der Waals surface area contributed by atoms with E-state index < -0.39 is 0 Å². The molecule has 0 fully saturated rings. The number of rotatable bonds is 1. The van der Waals surface area contributed by atoms with Crippen molar-refractivity contribution in [2.75, 3.05) is 5.73 Å². The van der Waals surface area contributed by atoms with E-state index in [0.717, 1.165) is 16.7 Å². The summed E-state index contributed by atoms with van der Waals surface area (Å²) in [6, 6.07) is 4.91. The molecule has 0 unspecified atom stereocenters. The summed E-state index contributed by atoms with van der Waals surface area (Å²) in [5.74, 6) is -0.256. The first kappa shape index (κ1) is 13.6. The van der Waals surface area contributed by atoms with Crippen molar-refractivity contribution in [1.29, 1.82) is 0 Å². The summed E-state index contributed by atoms with van der Waals surface area (Å²) in [7, 11) is 0. The molecular formula is C17H20FN. The minimum atomic E-state index is -0.256. The van der Waals surface area contributed by atoms with E-state index in [1.807, 2.05) is 0 Å². The van der Waals surface area contributed by atoms with Gasteiger partial charge in [-0.2, -0.15) is 0 Å². The highest BCUT2D eigenvalue weighted by atomic mass is 19.1. The Morgan fingerprint density at radius 1 is 0.789 bits per heavy atom. The number of hydrogen-bond donors (Lipinski definition) is 1. The van der Waals surface area contributed by atoms with Gasteiger partial charge in [-0.3, -0.25) is 0 Å². The molecule has 2 heteroatoms. The van der Waals surface area contributed by atoms with Gasteiger partial charge in [0, 0.05) is 11.3 Å². The molecule has 0 heterocycles. The minimum Gasteiger partial charge on any atom is -0.399 e. The average Bonchev–Trinajstić information content (AvgIpc) is 2.37. The summed E-state index contributed by atoms with van der Waals surface area (Å²) in [6.07, 6.45) is 0. The smallest absolute Gasteiger partial charge is 0.133 e. The van der Waals surface area contributed by atoms with Crippen LogP contribution in [0.15, 0.2) is 18.2 Å². The van der Waals surface area contributed by atoms with Gasteiger partial charge in [0.1, 0.15) is 5.82 Å². The Kier molecular flexibility index (Phi) is 3.36. The Morgan fingerprint density at radius 3 is 1.74 bits per heavy atom. The van der Waals surface area contributed by atoms with Crippen LogP contribution < -0.4 is 5.73 Å². The van der Waals surface area contributed by atoms with Crippen molar-refractivity contribution < 1.29 is 4.39 Å². The van der Waals surface area contributed by atoms with Gasteiger partial charge in [-0.05, 0) is 86.2 Å². The summed E-state index contributed by atoms with van der Waals surface area (Å²) in [6.45, 7) is 10.4. The number of hydrogen-bond acceptors (Lipinski definition) is 1. The fraction of sp³-hybridized carbons (Fsp3) is 0.294. The van der Waals surface area contributed by atoms with Crippen LogP contribution in [0.25, 0.3) is 11.1 Å². The van der Waals surface area contributed by atoms with Gasteiger partial charge < -0.3 is 5.73 Å². The van der Waals surface area contributed by atoms with Gasteiger partial charge in [-0.15, -0.1) is 0 Å². The number of nitrogen functional groups attached to an aromatic ring is 1. The van der Waals surface area contributed by atoms with Crippen LogP contribution >= 0.6 is 0 Å². The standard InChI is InChI=1S/C17H20FN/c1-9-10(2)12(4)17(13(5)11(9)3)15-7-6-14(19)8-16(15)18/h6-8H,19H2,1-5H3. The van der Waals surface area contributed by atoms with E-state index >= 15 is 0 Å². The molecule has 0 aromatic heterocycles. The Labute approximate surface area is 114 Å². The van der Waals surface area contributed by atoms with E-state index in [0.29, 0.717) is 11.3 Å². The maximum absolute atomic E-state index is 14.2. The SMILES string of the molecule is Cc1c(C)c(C)c(-c2ccc(N)cc2F)c(C)c1C. The van der Waals surface area contributed by atoms with Crippen molar-refractivity contribution >= 4 is 5.69 Å². The first-order chi connectivity index (χ1) is 8.84. The van der Waals surface area contributed by atoms with Crippen molar-refractivity contribution in [3.8, 4) is 11.1 Å². The van der Waals surface area contributed by atoms with Crippen molar-refractivity contribution in [2.24, 2.45) is 0 Å². The Hall–Kier alpha value is -1.83. The Bertz CT molecular complexity index is 628. The van der Waals surface area contributed by atoms with E-state index in [1.165, 1.54) is 22.8 Å². The van der Waals surface area contributed by atoms with Crippen LogP contribution in [-0.2, 0) is 0 Å². The topological polar surface area (TPSA) is 26.0 Å². The molecule has 0 saturated carbocycles. The normalized spacial score (nSPS) is 10.8. The molecule has 100 valence electrons. The number of halogens is 1. The van der Waals surface area contributed by atoms with Gasteiger partial charge in [0.25, 0.3) is 0 Å². The van der Waals surface area contributed by atoms with E-state index in [-0.39, 0.29) is 5.82 Å². The summed E-state index contributed by atoms with van der Waals surface area (Å²) >= 11 is 0. The largest absolute Gasteiger partial charge is 0.399 e. The average molecular weight is 257 g/mol. The fourth-order valence-electron chi connectivity index (χ4n) is 2.64. The molecule has 0 bridgehead atoms. The van der Waals surface area contributed by atoms with E-state index in [1.54, 1.807) is 12.1 Å². The first-order valence-electron chi connectivity index (χ1n) is 6.47. The van der Waals surface area contributed by atoms with E-state index in [9.17, 15) is 4.39 Å². The molecule has 2 N–H and O–H groups in total. The maximum Gasteiger partial charge on any atom is 0.133 e. The monoisotopic (exact) mass is 257 g/mol. The molecule has 2 aromatic carbocycles. The van der Waals surface area contributed by atoms with Crippen LogP contribution in [0, 0.1) is 40.4 Å². The maximum atomic E-state index is 14.2. The molecule has 0 aliphatic carbocycles. The van der Waals surface area contributed by atoms with Gasteiger partial charge >= 0.3 is 0 Å². The zero-order valence-corrected chi connectivity index (χ0v) is 12.2. The van der Waals surface area contributed by atoms with E-state index in [4.69, 9.17) is 5.73 Å². The number of anilines is 1. The summed E-state index contributed by atoms with van der Waals surface area (Å²) in [4.78, 5) is 0. The van der Waals surface area contributed by atoms with Crippen molar-refractivity contribution in [1.82, 2.24) is 0 Å². The molecule has 1 nitrogen and oxygen atoms in total. The molecule has 0 spiro atoms. The van der Waals surface area contributed by atoms with Crippen LogP contribution in [0.5, 0.6) is 0 Å². The molecule has 2 rings (SSSR count). The Morgan fingerprint density at radius 2 is 1.26 bits per heavy atom. The molecule has 0 aliphatic rings. The van der Waals surface area contributed by atoms with Crippen LogP contribution in [-0.4, -0.2) is 0 Å².